The summed E-state index contributed by atoms with van der Waals surface area (Å²) in [5, 5.41) is 0. The summed E-state index contributed by atoms with van der Waals surface area (Å²) in [7, 11) is 0. The average molecular weight is 557 g/mol. The molecule has 216 valence electrons. The molecule has 0 radical (unpaired) electrons. The number of halogens is 1. The molecule has 1 amide bonds. The number of carbonyl (C=O) groups is 2. The van der Waals surface area contributed by atoms with Crippen LogP contribution in [0.5, 0.6) is 6.01 Å². The van der Waals surface area contributed by atoms with Gasteiger partial charge in [0.15, 0.2) is 5.96 Å². The highest BCUT2D eigenvalue weighted by molar-refractivity contribution is 5.87. The number of nitrogens with two attached hydrogens (primary N) is 2. The summed E-state index contributed by atoms with van der Waals surface area (Å²) in [6, 6.07) is 5.51. The van der Waals surface area contributed by atoms with Crippen molar-refractivity contribution in [3.63, 3.8) is 0 Å². The van der Waals surface area contributed by atoms with Gasteiger partial charge in [-0.15, -0.1) is 4.99 Å². The largest absolute Gasteiger partial charge is 0.466 e. The zero-order valence-electron chi connectivity index (χ0n) is 22.8. The molecule has 0 spiro atoms. The van der Waals surface area contributed by atoms with Crippen LogP contribution in [0.2, 0.25) is 0 Å². The third-order valence-corrected chi connectivity index (χ3v) is 7.52. The van der Waals surface area contributed by atoms with Crippen LogP contribution in [0.3, 0.4) is 0 Å². The monoisotopic (exact) mass is 556 g/mol. The number of carbonyl (C=O) groups excluding carboxylic acids is 2. The van der Waals surface area contributed by atoms with E-state index in [1.54, 1.807) is 12.1 Å². The normalized spacial score (nSPS) is 19.9. The molecule has 1 aromatic carbocycles. The van der Waals surface area contributed by atoms with Crippen LogP contribution in [-0.2, 0) is 20.9 Å². The number of ether oxygens (including phenoxy) is 3. The van der Waals surface area contributed by atoms with Crippen LogP contribution in [0.15, 0.2) is 35.6 Å². The predicted molar refractivity (Wildman–Crippen MR) is 146 cm³/mol. The Hall–Kier alpha value is -3.80. The maximum absolute atomic E-state index is 15.0. The molecule has 1 aliphatic carbocycles. The lowest BCUT2D eigenvalue weighted by molar-refractivity contribution is -0.149. The van der Waals surface area contributed by atoms with Gasteiger partial charge in [0.05, 0.1) is 19.1 Å². The van der Waals surface area contributed by atoms with E-state index in [0.717, 1.165) is 51.6 Å². The van der Waals surface area contributed by atoms with E-state index in [0.29, 0.717) is 30.7 Å². The van der Waals surface area contributed by atoms with E-state index >= 15 is 4.39 Å². The Morgan fingerprint density at radius 2 is 1.75 bits per heavy atom. The number of hydrogen-bond acceptors (Lipinski definition) is 8. The van der Waals surface area contributed by atoms with Gasteiger partial charge in [-0.05, 0) is 64.5 Å². The van der Waals surface area contributed by atoms with E-state index in [2.05, 4.69) is 19.9 Å². The third kappa shape index (κ3) is 7.87. The van der Waals surface area contributed by atoms with Gasteiger partial charge in [-0.3, -0.25) is 4.79 Å². The minimum absolute atomic E-state index is 0.0472. The first-order valence-electron chi connectivity index (χ1n) is 13.7. The van der Waals surface area contributed by atoms with Crippen molar-refractivity contribution < 1.29 is 28.2 Å². The lowest BCUT2D eigenvalue weighted by atomic mass is 9.84. The minimum atomic E-state index is -1.00. The van der Waals surface area contributed by atoms with Gasteiger partial charge in [-0.2, -0.15) is 0 Å². The summed E-state index contributed by atoms with van der Waals surface area (Å²) in [5.41, 5.74) is 11.2. The van der Waals surface area contributed by atoms with Crippen LogP contribution in [0.4, 0.5) is 9.18 Å². The molecular weight excluding hydrogens is 519 g/mol. The fourth-order valence-corrected chi connectivity index (χ4v) is 5.34. The molecule has 0 atom stereocenters. The van der Waals surface area contributed by atoms with Gasteiger partial charge in [0.25, 0.3) is 0 Å². The Balaban J connectivity index is 1.22. The van der Waals surface area contributed by atoms with Gasteiger partial charge < -0.3 is 30.6 Å². The van der Waals surface area contributed by atoms with Crippen molar-refractivity contribution in [1.82, 2.24) is 14.9 Å². The van der Waals surface area contributed by atoms with Crippen molar-refractivity contribution >= 4 is 18.0 Å². The molecule has 0 unspecified atom stereocenters. The first-order chi connectivity index (χ1) is 19.3. The second-order valence-corrected chi connectivity index (χ2v) is 10.2. The molecule has 11 nitrogen and oxygen atoms in total. The molecule has 1 aromatic heterocycles. The molecule has 1 aliphatic heterocycles. The van der Waals surface area contributed by atoms with Crippen LogP contribution in [0.25, 0.3) is 11.1 Å². The summed E-state index contributed by atoms with van der Waals surface area (Å²) >= 11 is 0. The van der Waals surface area contributed by atoms with Crippen LogP contribution in [0, 0.1) is 17.7 Å². The summed E-state index contributed by atoms with van der Waals surface area (Å²) < 4.78 is 31.0. The van der Waals surface area contributed by atoms with Gasteiger partial charge in [0.2, 0.25) is 0 Å². The standard InChI is InChI=1S/C28H37FN6O5/c1-2-38-25(36)19-6-8-22(9-7-19)35-12-10-18(11-13-35)16-39-27-32-14-21(15-33-27)23-5-3-4-20(24(23)29)17-40-28(37)34-26(30)31/h3-5,14-15,18-19,22H,2,6-13,16-17H2,1H3,(H4,30,31,34,37). The molecule has 40 heavy (non-hydrogen) atoms. The van der Waals surface area contributed by atoms with Gasteiger partial charge in [0, 0.05) is 35.1 Å². The molecule has 1 saturated heterocycles. The number of nitrogens with zero attached hydrogens (tertiary/aromatic N) is 4. The molecule has 2 aliphatic rings. The molecule has 4 N–H and O–H groups in total. The Labute approximate surface area is 233 Å². The van der Waals surface area contributed by atoms with E-state index in [4.69, 9.17) is 25.7 Å². The average Bonchev–Trinajstić information content (AvgIpc) is 2.96. The second-order valence-electron chi connectivity index (χ2n) is 10.2. The van der Waals surface area contributed by atoms with Crippen molar-refractivity contribution in [2.75, 3.05) is 26.3 Å². The number of aromatic nitrogens is 2. The Bertz CT molecular complexity index is 1170. The highest BCUT2D eigenvalue weighted by Crippen LogP contribution is 2.31. The first-order valence-corrected chi connectivity index (χ1v) is 13.7. The van der Waals surface area contributed by atoms with Crippen molar-refractivity contribution in [3.8, 4) is 17.1 Å². The maximum atomic E-state index is 15.0. The minimum Gasteiger partial charge on any atom is -0.466 e. The fourth-order valence-electron chi connectivity index (χ4n) is 5.34. The lowest BCUT2D eigenvalue weighted by Gasteiger charge is -2.40. The van der Waals surface area contributed by atoms with E-state index in [1.165, 1.54) is 18.5 Å². The van der Waals surface area contributed by atoms with E-state index in [-0.39, 0.29) is 35.6 Å². The van der Waals surface area contributed by atoms with Crippen LogP contribution >= 0.6 is 0 Å². The van der Waals surface area contributed by atoms with Crippen LogP contribution in [-0.4, -0.2) is 65.2 Å². The van der Waals surface area contributed by atoms with E-state index in [1.807, 2.05) is 6.92 Å². The number of piperidine rings is 1. The summed E-state index contributed by atoms with van der Waals surface area (Å²) in [4.78, 5) is 37.8. The Kier molecular flexibility index (Phi) is 10.2. The molecule has 12 heteroatoms. The fraction of sp³-hybridized carbons (Fsp3) is 0.536. The van der Waals surface area contributed by atoms with Gasteiger partial charge in [0.1, 0.15) is 12.4 Å². The van der Waals surface area contributed by atoms with E-state index in [9.17, 15) is 9.59 Å². The van der Waals surface area contributed by atoms with Crippen molar-refractivity contribution in [2.24, 2.45) is 28.3 Å². The Morgan fingerprint density at radius 1 is 1.05 bits per heavy atom. The third-order valence-electron chi connectivity index (χ3n) is 7.52. The number of esters is 1. The zero-order valence-corrected chi connectivity index (χ0v) is 22.8. The van der Waals surface area contributed by atoms with E-state index < -0.39 is 17.9 Å². The molecule has 2 aromatic rings. The SMILES string of the molecule is CCOC(=O)C1CCC(N2CCC(COc3ncc(-c4cccc(COC(=O)N=C(N)N)c4F)cn3)CC2)CC1. The van der Waals surface area contributed by atoms with Crippen molar-refractivity contribution in [2.45, 2.75) is 58.1 Å². The number of rotatable bonds is 9. The number of hydrogen-bond donors (Lipinski definition) is 2. The second kappa shape index (κ2) is 14.0. The topological polar surface area (TPSA) is 155 Å². The van der Waals surface area contributed by atoms with Gasteiger partial charge >= 0.3 is 18.1 Å². The molecule has 1 saturated carbocycles. The number of likely N-dealkylation sites (tertiary alicyclic amines) is 1. The van der Waals surface area contributed by atoms with Gasteiger partial charge in [-0.25, -0.2) is 19.2 Å². The number of guanidine groups is 1. The van der Waals surface area contributed by atoms with Crippen molar-refractivity contribution in [1.29, 1.82) is 0 Å². The number of amides is 1. The quantitative estimate of drug-likeness (QED) is 0.267. The zero-order chi connectivity index (χ0) is 28.5. The molecule has 2 heterocycles. The maximum Gasteiger partial charge on any atom is 0.437 e. The van der Waals surface area contributed by atoms with Crippen LogP contribution < -0.4 is 16.2 Å². The Morgan fingerprint density at radius 3 is 2.40 bits per heavy atom. The molecule has 4 rings (SSSR count). The van der Waals surface area contributed by atoms with Crippen molar-refractivity contribution in [3.05, 3.63) is 42.0 Å². The molecule has 2 fully saturated rings. The number of benzene rings is 1. The van der Waals surface area contributed by atoms with Crippen LogP contribution in [0.1, 0.15) is 51.0 Å². The molecular formula is C28H37FN6O5. The highest BCUT2D eigenvalue weighted by atomic mass is 19.1. The summed E-state index contributed by atoms with van der Waals surface area (Å²) in [5.74, 6) is -0.579. The number of aliphatic imine (C=N–C) groups is 1. The summed E-state index contributed by atoms with van der Waals surface area (Å²) in [6.45, 7) is 4.51. The van der Waals surface area contributed by atoms with Gasteiger partial charge in [-0.1, -0.05) is 18.2 Å². The summed E-state index contributed by atoms with van der Waals surface area (Å²) in [6.07, 6.45) is 7.95. The lowest BCUT2D eigenvalue weighted by Crippen LogP contribution is -2.44. The molecule has 0 bridgehead atoms. The highest BCUT2D eigenvalue weighted by Gasteiger charge is 2.32. The predicted octanol–water partition coefficient (Wildman–Crippen LogP) is 3.41. The smallest absolute Gasteiger partial charge is 0.437 e. The first kappa shape index (κ1) is 29.2.